The molecule has 2 atom stereocenters. The second-order valence-corrected chi connectivity index (χ2v) is 6.12. The molecule has 1 aromatic rings. The van der Waals surface area contributed by atoms with Crippen LogP contribution in [-0.4, -0.2) is 23.3 Å². The van der Waals surface area contributed by atoms with Gasteiger partial charge in [-0.2, -0.15) is 0 Å². The van der Waals surface area contributed by atoms with Crippen molar-refractivity contribution < 1.29 is 9.84 Å². The number of benzene rings is 1. The van der Waals surface area contributed by atoms with Crippen molar-refractivity contribution in [2.75, 3.05) is 0 Å². The van der Waals surface area contributed by atoms with Gasteiger partial charge in [-0.05, 0) is 51.3 Å². The topological polar surface area (TPSA) is 41.5 Å². The Labute approximate surface area is 122 Å². The predicted octanol–water partition coefficient (Wildman–Crippen LogP) is 3.43. The van der Waals surface area contributed by atoms with Crippen molar-refractivity contribution in [3.05, 3.63) is 29.8 Å². The number of aliphatic hydroxyl groups is 1. The van der Waals surface area contributed by atoms with E-state index in [1.54, 1.807) is 0 Å². The number of aliphatic hydroxyl groups excluding tert-OH is 1. The normalized spacial score (nSPS) is 19.2. The average molecular weight is 277 g/mol. The molecule has 1 aromatic carbocycles. The standard InChI is InChI=1S/C17H27NO2/c1-12(2)20-16-10-8-14(9-11-16)17(19)13(3)18-15-6-4-5-7-15/h8-13,15,17-19H,4-7H2,1-3H3. The molecule has 1 fully saturated rings. The maximum Gasteiger partial charge on any atom is 0.119 e. The molecule has 0 spiro atoms. The molecule has 1 aliphatic rings. The average Bonchev–Trinajstić information content (AvgIpc) is 2.91. The van der Waals surface area contributed by atoms with Crippen LogP contribution in [0.2, 0.25) is 0 Å². The maximum absolute atomic E-state index is 10.4. The molecule has 2 unspecified atom stereocenters. The zero-order valence-electron chi connectivity index (χ0n) is 12.8. The van der Waals surface area contributed by atoms with Gasteiger partial charge in [0, 0.05) is 12.1 Å². The zero-order valence-corrected chi connectivity index (χ0v) is 12.8. The van der Waals surface area contributed by atoms with Crippen LogP contribution in [0, 0.1) is 0 Å². The summed E-state index contributed by atoms with van der Waals surface area (Å²) in [7, 11) is 0. The third kappa shape index (κ3) is 4.22. The van der Waals surface area contributed by atoms with Gasteiger partial charge in [0.1, 0.15) is 5.75 Å². The fourth-order valence-electron chi connectivity index (χ4n) is 2.86. The molecule has 20 heavy (non-hydrogen) atoms. The Morgan fingerprint density at radius 2 is 1.70 bits per heavy atom. The molecule has 0 bridgehead atoms. The van der Waals surface area contributed by atoms with E-state index < -0.39 is 6.10 Å². The Kier molecular flexibility index (Phi) is 5.44. The first-order valence-electron chi connectivity index (χ1n) is 7.77. The van der Waals surface area contributed by atoms with Crippen molar-refractivity contribution in [3.8, 4) is 5.75 Å². The molecule has 1 saturated carbocycles. The third-order valence-corrected chi connectivity index (χ3v) is 3.92. The van der Waals surface area contributed by atoms with Crippen LogP contribution in [0.3, 0.4) is 0 Å². The van der Waals surface area contributed by atoms with Gasteiger partial charge in [0.05, 0.1) is 12.2 Å². The first-order chi connectivity index (χ1) is 9.56. The molecule has 0 amide bonds. The minimum atomic E-state index is -0.469. The quantitative estimate of drug-likeness (QED) is 0.837. The van der Waals surface area contributed by atoms with E-state index in [0.717, 1.165) is 11.3 Å². The Morgan fingerprint density at radius 1 is 1.10 bits per heavy atom. The van der Waals surface area contributed by atoms with Crippen LogP contribution in [-0.2, 0) is 0 Å². The Bertz CT molecular complexity index is 396. The van der Waals surface area contributed by atoms with Gasteiger partial charge in [-0.15, -0.1) is 0 Å². The van der Waals surface area contributed by atoms with Gasteiger partial charge in [-0.3, -0.25) is 0 Å². The van der Waals surface area contributed by atoms with Crippen LogP contribution in [0.5, 0.6) is 5.75 Å². The van der Waals surface area contributed by atoms with E-state index in [0.29, 0.717) is 6.04 Å². The molecule has 3 heteroatoms. The molecule has 2 N–H and O–H groups in total. The van der Waals surface area contributed by atoms with Gasteiger partial charge in [-0.1, -0.05) is 25.0 Å². The highest BCUT2D eigenvalue weighted by molar-refractivity contribution is 5.29. The SMILES string of the molecule is CC(C)Oc1ccc(C(O)C(C)NC2CCCC2)cc1. The highest BCUT2D eigenvalue weighted by Crippen LogP contribution is 2.24. The number of ether oxygens (including phenoxy) is 1. The van der Waals surface area contributed by atoms with E-state index in [2.05, 4.69) is 12.2 Å². The zero-order chi connectivity index (χ0) is 14.5. The van der Waals surface area contributed by atoms with Gasteiger partial charge in [0.2, 0.25) is 0 Å². The largest absolute Gasteiger partial charge is 0.491 e. The van der Waals surface area contributed by atoms with E-state index in [-0.39, 0.29) is 12.1 Å². The van der Waals surface area contributed by atoms with Crippen LogP contribution in [0.15, 0.2) is 24.3 Å². The second kappa shape index (κ2) is 7.09. The van der Waals surface area contributed by atoms with Gasteiger partial charge in [0.15, 0.2) is 0 Å². The lowest BCUT2D eigenvalue weighted by Crippen LogP contribution is -2.38. The molecule has 0 aliphatic heterocycles. The third-order valence-electron chi connectivity index (χ3n) is 3.92. The molecular formula is C17H27NO2. The van der Waals surface area contributed by atoms with Gasteiger partial charge < -0.3 is 15.2 Å². The molecule has 3 nitrogen and oxygen atoms in total. The summed E-state index contributed by atoms with van der Waals surface area (Å²) in [4.78, 5) is 0. The highest BCUT2D eigenvalue weighted by atomic mass is 16.5. The van der Waals surface area contributed by atoms with E-state index in [1.807, 2.05) is 38.1 Å². The summed E-state index contributed by atoms with van der Waals surface area (Å²) in [5.74, 6) is 0.854. The smallest absolute Gasteiger partial charge is 0.119 e. The van der Waals surface area contributed by atoms with Crippen molar-refractivity contribution in [2.24, 2.45) is 0 Å². The predicted molar refractivity (Wildman–Crippen MR) is 82.0 cm³/mol. The first kappa shape index (κ1) is 15.3. The van der Waals surface area contributed by atoms with Crippen LogP contribution < -0.4 is 10.1 Å². The summed E-state index contributed by atoms with van der Waals surface area (Å²) in [5, 5.41) is 14.0. The van der Waals surface area contributed by atoms with Crippen LogP contribution in [0.4, 0.5) is 0 Å². The summed E-state index contributed by atoms with van der Waals surface area (Å²) in [6.45, 7) is 6.08. The molecular weight excluding hydrogens is 250 g/mol. The molecule has 2 rings (SSSR count). The fourth-order valence-corrected chi connectivity index (χ4v) is 2.86. The van der Waals surface area contributed by atoms with Gasteiger partial charge in [0.25, 0.3) is 0 Å². The van der Waals surface area contributed by atoms with E-state index in [9.17, 15) is 5.11 Å². The highest BCUT2D eigenvalue weighted by Gasteiger charge is 2.22. The molecule has 0 saturated heterocycles. The first-order valence-corrected chi connectivity index (χ1v) is 7.77. The van der Waals surface area contributed by atoms with Crippen molar-refractivity contribution in [1.82, 2.24) is 5.32 Å². The van der Waals surface area contributed by atoms with E-state index in [4.69, 9.17) is 4.74 Å². The summed E-state index contributed by atoms with van der Waals surface area (Å²) >= 11 is 0. The molecule has 112 valence electrons. The molecule has 0 aromatic heterocycles. The summed E-state index contributed by atoms with van der Waals surface area (Å²) < 4.78 is 5.62. The number of hydrogen-bond donors (Lipinski definition) is 2. The number of hydrogen-bond acceptors (Lipinski definition) is 3. The molecule has 0 radical (unpaired) electrons. The number of nitrogens with one attached hydrogen (secondary N) is 1. The lowest BCUT2D eigenvalue weighted by atomic mass is 10.0. The van der Waals surface area contributed by atoms with Crippen LogP contribution >= 0.6 is 0 Å². The Balaban J connectivity index is 1.91. The van der Waals surface area contributed by atoms with Crippen LogP contribution in [0.25, 0.3) is 0 Å². The molecule has 0 heterocycles. The summed E-state index contributed by atoms with van der Waals surface area (Å²) in [6, 6.07) is 8.42. The van der Waals surface area contributed by atoms with Crippen molar-refractivity contribution in [2.45, 2.75) is 70.7 Å². The van der Waals surface area contributed by atoms with Crippen molar-refractivity contribution in [1.29, 1.82) is 0 Å². The van der Waals surface area contributed by atoms with Gasteiger partial charge >= 0.3 is 0 Å². The van der Waals surface area contributed by atoms with Gasteiger partial charge in [-0.25, -0.2) is 0 Å². The Morgan fingerprint density at radius 3 is 2.25 bits per heavy atom. The second-order valence-electron chi connectivity index (χ2n) is 6.12. The fraction of sp³-hybridized carbons (Fsp3) is 0.647. The lowest BCUT2D eigenvalue weighted by Gasteiger charge is -2.24. The lowest BCUT2D eigenvalue weighted by molar-refractivity contribution is 0.129. The number of rotatable bonds is 6. The van der Waals surface area contributed by atoms with Crippen LogP contribution in [0.1, 0.15) is 58.1 Å². The summed E-state index contributed by atoms with van der Waals surface area (Å²) in [5.41, 5.74) is 0.944. The maximum atomic E-state index is 10.4. The minimum Gasteiger partial charge on any atom is -0.491 e. The van der Waals surface area contributed by atoms with E-state index in [1.165, 1.54) is 25.7 Å². The summed E-state index contributed by atoms with van der Waals surface area (Å²) in [6.07, 6.45) is 4.79. The minimum absolute atomic E-state index is 0.0787. The van der Waals surface area contributed by atoms with Crippen molar-refractivity contribution in [3.63, 3.8) is 0 Å². The van der Waals surface area contributed by atoms with Crippen molar-refractivity contribution >= 4 is 0 Å². The monoisotopic (exact) mass is 277 g/mol. The Hall–Kier alpha value is -1.06. The molecule has 1 aliphatic carbocycles. The van der Waals surface area contributed by atoms with E-state index >= 15 is 0 Å².